The average Bonchev–Trinajstić information content (AvgIpc) is 2.69. The number of aliphatic hydroxyl groups is 1. The first kappa shape index (κ1) is 17.9. The Morgan fingerprint density at radius 3 is 2.88 bits per heavy atom. The molecular formula is C13H19N2O7PS. The van der Waals surface area contributed by atoms with Gasteiger partial charge in [-0.15, -0.1) is 0 Å². The minimum Gasteiger partial charge on any atom is -0.383 e. The number of rotatable bonds is 3. The molecule has 2 aliphatic rings. The molecule has 1 aromatic rings. The highest BCUT2D eigenvalue weighted by Gasteiger charge is 2.59. The maximum absolute atomic E-state index is 12.0. The lowest BCUT2D eigenvalue weighted by Gasteiger charge is -2.37. The Morgan fingerprint density at radius 2 is 2.25 bits per heavy atom. The molecule has 2 fully saturated rings. The summed E-state index contributed by atoms with van der Waals surface area (Å²) in [5.74, 6) is 0. The van der Waals surface area contributed by atoms with E-state index >= 15 is 0 Å². The highest BCUT2D eigenvalue weighted by molar-refractivity contribution is 8.07. The third kappa shape index (κ3) is 3.15. The summed E-state index contributed by atoms with van der Waals surface area (Å²) in [6.45, 7) is 2.17. The van der Waals surface area contributed by atoms with Crippen molar-refractivity contribution in [3.8, 4) is 0 Å². The number of ether oxygens (including phenoxy) is 1. The third-order valence-corrected chi connectivity index (χ3v) is 6.26. The number of fused-ring (bicyclic) bond motifs is 1. The fourth-order valence-electron chi connectivity index (χ4n) is 2.80. The number of hydrogen-bond donors (Lipinski definition) is 2. The average molecular weight is 378 g/mol. The van der Waals surface area contributed by atoms with Gasteiger partial charge < -0.3 is 18.9 Å². The molecule has 3 rings (SSSR count). The standard InChI is InChI=1S/C13H19N2O7PS/c1-7(2)21-23(24)19-6-8-10(22-23)13(3,18)11(20-8)15-5-4-9(16)14-12(15)17/h4-5,7-8,10-11,18H,6H2,1-3H3,(H,14,16,17)/t8-,10-,11-,13-,23?/m1/s1. The lowest BCUT2D eigenvalue weighted by atomic mass is 9.96. The minimum atomic E-state index is -3.01. The molecule has 3 heterocycles. The predicted molar refractivity (Wildman–Crippen MR) is 87.2 cm³/mol. The molecular weight excluding hydrogens is 359 g/mol. The number of hydrogen-bond acceptors (Lipinski definition) is 8. The van der Waals surface area contributed by atoms with Crippen LogP contribution in [-0.2, 0) is 30.1 Å². The maximum atomic E-state index is 12.0. The van der Waals surface area contributed by atoms with Crippen LogP contribution in [0.3, 0.4) is 0 Å². The maximum Gasteiger partial charge on any atom is 0.330 e. The molecule has 2 aliphatic heterocycles. The number of aromatic amines is 1. The molecule has 0 spiro atoms. The van der Waals surface area contributed by atoms with Crippen molar-refractivity contribution in [3.05, 3.63) is 33.1 Å². The molecule has 9 nitrogen and oxygen atoms in total. The van der Waals surface area contributed by atoms with Gasteiger partial charge in [0.15, 0.2) is 6.23 Å². The van der Waals surface area contributed by atoms with E-state index in [-0.39, 0.29) is 12.7 Å². The van der Waals surface area contributed by atoms with Crippen LogP contribution in [-0.4, -0.2) is 45.2 Å². The van der Waals surface area contributed by atoms with Crippen molar-refractivity contribution in [2.24, 2.45) is 0 Å². The summed E-state index contributed by atoms with van der Waals surface area (Å²) >= 11 is 5.32. The molecule has 1 aromatic heterocycles. The molecule has 134 valence electrons. The molecule has 0 radical (unpaired) electrons. The molecule has 1 unspecified atom stereocenters. The van der Waals surface area contributed by atoms with Crippen LogP contribution < -0.4 is 11.2 Å². The normalized spacial score (nSPS) is 39.1. The second-order valence-electron chi connectivity index (χ2n) is 6.19. The molecule has 0 aromatic carbocycles. The molecule has 24 heavy (non-hydrogen) atoms. The zero-order valence-electron chi connectivity index (χ0n) is 13.4. The summed E-state index contributed by atoms with van der Waals surface area (Å²) in [5, 5.41) is 10.9. The number of H-pyrrole nitrogens is 1. The van der Waals surface area contributed by atoms with E-state index in [1.807, 2.05) is 0 Å². The lowest BCUT2D eigenvalue weighted by molar-refractivity contribution is -0.0931. The largest absolute Gasteiger partial charge is 0.383 e. The van der Waals surface area contributed by atoms with E-state index in [9.17, 15) is 14.7 Å². The summed E-state index contributed by atoms with van der Waals surface area (Å²) in [5.41, 5.74) is -2.79. The van der Waals surface area contributed by atoms with E-state index < -0.39 is 42.0 Å². The smallest absolute Gasteiger partial charge is 0.330 e. The molecule has 2 saturated heterocycles. The fraction of sp³-hybridized carbons (Fsp3) is 0.692. The van der Waals surface area contributed by atoms with Crippen LogP contribution in [0, 0.1) is 0 Å². The number of nitrogens with zero attached hydrogens (tertiary/aromatic N) is 1. The number of nitrogens with one attached hydrogen (secondary N) is 1. The zero-order valence-corrected chi connectivity index (χ0v) is 15.1. The van der Waals surface area contributed by atoms with Gasteiger partial charge in [0.25, 0.3) is 5.56 Å². The van der Waals surface area contributed by atoms with Crippen LogP contribution in [0.5, 0.6) is 0 Å². The van der Waals surface area contributed by atoms with Crippen LogP contribution in [0.1, 0.15) is 27.0 Å². The summed E-state index contributed by atoms with van der Waals surface area (Å²) < 4.78 is 23.7. The third-order valence-electron chi connectivity index (χ3n) is 3.80. The quantitative estimate of drug-likeness (QED) is 0.720. The van der Waals surface area contributed by atoms with E-state index in [0.29, 0.717) is 0 Å². The van der Waals surface area contributed by atoms with Gasteiger partial charge in [-0.1, -0.05) is 0 Å². The minimum absolute atomic E-state index is 0.0828. The molecule has 5 atom stereocenters. The Balaban J connectivity index is 1.91. The first-order valence-electron chi connectivity index (χ1n) is 7.43. The summed E-state index contributed by atoms with van der Waals surface area (Å²) in [4.78, 5) is 25.3. The van der Waals surface area contributed by atoms with E-state index in [1.165, 1.54) is 19.2 Å². The summed E-state index contributed by atoms with van der Waals surface area (Å²) in [6, 6.07) is 1.17. The van der Waals surface area contributed by atoms with Gasteiger partial charge in [0.1, 0.15) is 17.8 Å². The van der Waals surface area contributed by atoms with Crippen LogP contribution in [0.25, 0.3) is 0 Å². The Kier molecular flexibility index (Phi) is 4.59. The molecule has 2 N–H and O–H groups in total. The fourth-order valence-corrected chi connectivity index (χ4v) is 5.42. The molecule has 0 aliphatic carbocycles. The predicted octanol–water partition coefficient (Wildman–Crippen LogP) is 0.250. The van der Waals surface area contributed by atoms with Crippen LogP contribution >= 0.6 is 6.72 Å². The Labute approximate surface area is 142 Å². The van der Waals surface area contributed by atoms with Crippen molar-refractivity contribution < 1.29 is 23.4 Å². The number of aromatic nitrogens is 2. The second-order valence-corrected chi connectivity index (χ2v) is 9.11. The van der Waals surface area contributed by atoms with Crippen molar-refractivity contribution in [3.63, 3.8) is 0 Å². The first-order chi connectivity index (χ1) is 11.1. The Bertz CT molecular complexity index is 789. The van der Waals surface area contributed by atoms with Gasteiger partial charge in [0, 0.05) is 12.3 Å². The van der Waals surface area contributed by atoms with Crippen molar-refractivity contribution in [2.75, 3.05) is 6.61 Å². The van der Waals surface area contributed by atoms with Crippen LogP contribution in [0.15, 0.2) is 21.9 Å². The van der Waals surface area contributed by atoms with Gasteiger partial charge >= 0.3 is 12.4 Å². The molecule has 0 saturated carbocycles. The highest BCUT2D eigenvalue weighted by Crippen LogP contribution is 2.59. The van der Waals surface area contributed by atoms with Gasteiger partial charge in [-0.3, -0.25) is 18.9 Å². The highest BCUT2D eigenvalue weighted by atomic mass is 32.5. The monoisotopic (exact) mass is 378 g/mol. The van der Waals surface area contributed by atoms with Crippen molar-refractivity contribution >= 4 is 18.5 Å². The van der Waals surface area contributed by atoms with Crippen molar-refractivity contribution in [1.29, 1.82) is 0 Å². The first-order valence-corrected chi connectivity index (χ1v) is 9.99. The van der Waals surface area contributed by atoms with E-state index in [4.69, 9.17) is 30.1 Å². The zero-order chi connectivity index (χ0) is 17.7. The van der Waals surface area contributed by atoms with Crippen molar-refractivity contribution in [2.45, 2.75) is 50.9 Å². The van der Waals surface area contributed by atoms with Gasteiger partial charge in [-0.2, -0.15) is 0 Å². The van der Waals surface area contributed by atoms with Gasteiger partial charge in [0.2, 0.25) is 0 Å². The van der Waals surface area contributed by atoms with Crippen LogP contribution in [0.4, 0.5) is 0 Å². The molecule has 11 heteroatoms. The van der Waals surface area contributed by atoms with Gasteiger partial charge in [-0.05, 0) is 32.6 Å². The van der Waals surface area contributed by atoms with E-state index in [0.717, 1.165) is 4.57 Å². The summed E-state index contributed by atoms with van der Waals surface area (Å²) in [7, 11) is 0. The Morgan fingerprint density at radius 1 is 1.54 bits per heavy atom. The van der Waals surface area contributed by atoms with E-state index in [2.05, 4.69) is 4.98 Å². The molecule has 0 amide bonds. The Hall–Kier alpha value is -0.870. The summed E-state index contributed by atoms with van der Waals surface area (Å²) in [6.07, 6.45) is -1.42. The van der Waals surface area contributed by atoms with Gasteiger partial charge in [0.05, 0.1) is 12.7 Å². The second kappa shape index (κ2) is 6.14. The topological polar surface area (TPSA) is 112 Å². The SMILES string of the molecule is CC(C)OP1(=S)OC[C@H]2O[C@@H](n3ccc(=O)[nH]c3=O)[C@](C)(O)[C@@H]2O1. The van der Waals surface area contributed by atoms with Gasteiger partial charge in [-0.25, -0.2) is 4.79 Å². The van der Waals surface area contributed by atoms with E-state index in [1.54, 1.807) is 13.8 Å². The lowest BCUT2D eigenvalue weighted by Crippen LogP contribution is -2.49. The molecule has 0 bridgehead atoms. The van der Waals surface area contributed by atoms with Crippen molar-refractivity contribution in [1.82, 2.24) is 9.55 Å². The van der Waals surface area contributed by atoms with Crippen LogP contribution in [0.2, 0.25) is 0 Å².